The average molecular weight is 315 g/mol. The molecule has 6 heteroatoms. The minimum Gasteiger partial charge on any atom is -0.478 e. The highest BCUT2D eigenvalue weighted by molar-refractivity contribution is 5.99. The van der Waals surface area contributed by atoms with Gasteiger partial charge in [0, 0.05) is 0 Å². The molecule has 23 heavy (non-hydrogen) atoms. The van der Waals surface area contributed by atoms with Crippen LogP contribution in [0.4, 0.5) is 10.5 Å². The molecular formula is C17H17NO5. The molecule has 0 saturated carbocycles. The van der Waals surface area contributed by atoms with Gasteiger partial charge in [-0.1, -0.05) is 42.5 Å². The summed E-state index contributed by atoms with van der Waals surface area (Å²) < 4.78 is 5.21. The molecule has 0 fully saturated rings. The van der Waals surface area contributed by atoms with Crippen LogP contribution >= 0.6 is 0 Å². The third-order valence-corrected chi connectivity index (χ3v) is 3.17. The third kappa shape index (κ3) is 4.31. The van der Waals surface area contributed by atoms with E-state index in [1.807, 2.05) is 30.3 Å². The molecule has 0 unspecified atom stereocenters. The van der Waals surface area contributed by atoms with E-state index in [9.17, 15) is 14.7 Å². The van der Waals surface area contributed by atoms with E-state index in [1.165, 1.54) is 12.1 Å². The van der Waals surface area contributed by atoms with Crippen molar-refractivity contribution in [2.75, 3.05) is 18.1 Å². The van der Waals surface area contributed by atoms with Gasteiger partial charge in [-0.15, -0.1) is 0 Å². The lowest BCUT2D eigenvalue weighted by molar-refractivity contribution is 0.0697. The second-order valence-electron chi connectivity index (χ2n) is 4.74. The SMILES string of the molecule is O=C(O)c1ccccc1N(CCO)C(=O)OCc1ccccc1. The number of carbonyl (C=O) groups is 2. The van der Waals surface area contributed by atoms with Crippen molar-refractivity contribution in [3.8, 4) is 0 Å². The van der Waals surface area contributed by atoms with Crippen LogP contribution in [0.2, 0.25) is 0 Å². The predicted octanol–water partition coefficient (Wildman–Crippen LogP) is 2.52. The number of amides is 1. The highest BCUT2D eigenvalue weighted by atomic mass is 16.6. The second kappa shape index (κ2) is 7.95. The summed E-state index contributed by atoms with van der Waals surface area (Å²) in [6, 6.07) is 15.2. The van der Waals surface area contributed by atoms with Gasteiger partial charge in [0.15, 0.2) is 0 Å². The number of aliphatic hydroxyl groups is 1. The predicted molar refractivity (Wildman–Crippen MR) is 84.5 cm³/mol. The number of ether oxygens (including phenoxy) is 1. The van der Waals surface area contributed by atoms with Crippen LogP contribution in [0.15, 0.2) is 54.6 Å². The van der Waals surface area contributed by atoms with Gasteiger partial charge in [-0.25, -0.2) is 9.59 Å². The molecule has 0 aliphatic carbocycles. The van der Waals surface area contributed by atoms with Crippen molar-refractivity contribution in [2.45, 2.75) is 6.61 Å². The van der Waals surface area contributed by atoms with Gasteiger partial charge < -0.3 is 14.9 Å². The Labute approximate surface area is 133 Å². The van der Waals surface area contributed by atoms with Gasteiger partial charge in [-0.3, -0.25) is 4.90 Å². The van der Waals surface area contributed by atoms with Crippen molar-refractivity contribution in [3.05, 3.63) is 65.7 Å². The Hall–Kier alpha value is -2.86. The Morgan fingerprint density at radius 3 is 2.30 bits per heavy atom. The number of rotatable bonds is 6. The summed E-state index contributed by atoms with van der Waals surface area (Å²) in [6.07, 6.45) is -0.711. The Balaban J connectivity index is 2.17. The lowest BCUT2D eigenvalue weighted by atomic mass is 10.1. The maximum absolute atomic E-state index is 12.3. The molecule has 0 bridgehead atoms. The molecule has 2 aromatic carbocycles. The van der Waals surface area contributed by atoms with Gasteiger partial charge in [-0.05, 0) is 17.7 Å². The molecule has 0 aliphatic rings. The van der Waals surface area contributed by atoms with Crippen molar-refractivity contribution in [1.29, 1.82) is 0 Å². The Morgan fingerprint density at radius 1 is 1.00 bits per heavy atom. The number of hydrogen-bond acceptors (Lipinski definition) is 4. The molecule has 0 aliphatic heterocycles. The number of para-hydroxylation sites is 1. The lowest BCUT2D eigenvalue weighted by Crippen LogP contribution is -2.35. The van der Waals surface area contributed by atoms with Crippen LogP contribution in [0.1, 0.15) is 15.9 Å². The van der Waals surface area contributed by atoms with Gasteiger partial charge in [0.1, 0.15) is 6.61 Å². The first-order valence-electron chi connectivity index (χ1n) is 7.05. The minimum atomic E-state index is -1.15. The lowest BCUT2D eigenvalue weighted by Gasteiger charge is -2.22. The van der Waals surface area contributed by atoms with Crippen LogP contribution in [-0.2, 0) is 11.3 Å². The molecule has 0 atom stereocenters. The van der Waals surface area contributed by atoms with Crippen molar-refractivity contribution < 1.29 is 24.5 Å². The molecule has 2 N–H and O–H groups in total. The van der Waals surface area contributed by atoms with Gasteiger partial charge in [0.2, 0.25) is 0 Å². The Morgan fingerprint density at radius 2 is 1.65 bits per heavy atom. The van der Waals surface area contributed by atoms with Crippen LogP contribution in [0.25, 0.3) is 0 Å². The van der Waals surface area contributed by atoms with E-state index in [0.29, 0.717) is 0 Å². The van der Waals surface area contributed by atoms with Crippen molar-refractivity contribution >= 4 is 17.7 Å². The average Bonchev–Trinajstić information content (AvgIpc) is 2.58. The van der Waals surface area contributed by atoms with E-state index in [-0.39, 0.29) is 31.0 Å². The maximum atomic E-state index is 12.3. The summed E-state index contributed by atoms with van der Waals surface area (Å²) in [6.45, 7) is -0.302. The first-order chi connectivity index (χ1) is 11.1. The molecule has 0 heterocycles. The molecule has 0 spiro atoms. The monoisotopic (exact) mass is 315 g/mol. The fourth-order valence-corrected chi connectivity index (χ4v) is 2.10. The number of nitrogens with zero attached hydrogens (tertiary/aromatic N) is 1. The molecule has 0 saturated heterocycles. The summed E-state index contributed by atoms with van der Waals surface area (Å²) in [5, 5.41) is 18.4. The maximum Gasteiger partial charge on any atom is 0.414 e. The Kier molecular flexibility index (Phi) is 5.71. The van der Waals surface area contributed by atoms with Gasteiger partial charge in [-0.2, -0.15) is 0 Å². The summed E-state index contributed by atoms with van der Waals surface area (Å²) in [4.78, 5) is 24.7. The number of aromatic carboxylic acids is 1. The van der Waals surface area contributed by atoms with Crippen LogP contribution in [0.3, 0.4) is 0 Å². The van der Waals surface area contributed by atoms with Crippen molar-refractivity contribution in [2.24, 2.45) is 0 Å². The zero-order valence-corrected chi connectivity index (χ0v) is 12.4. The van der Waals surface area contributed by atoms with Crippen LogP contribution in [0.5, 0.6) is 0 Å². The minimum absolute atomic E-state index is 0.0300. The van der Waals surface area contributed by atoms with E-state index < -0.39 is 12.1 Å². The fourth-order valence-electron chi connectivity index (χ4n) is 2.10. The number of anilines is 1. The largest absolute Gasteiger partial charge is 0.478 e. The van der Waals surface area contributed by atoms with E-state index >= 15 is 0 Å². The molecule has 2 rings (SSSR count). The fraction of sp³-hybridized carbons (Fsp3) is 0.176. The smallest absolute Gasteiger partial charge is 0.414 e. The number of aliphatic hydroxyl groups excluding tert-OH is 1. The first kappa shape index (κ1) is 16.5. The highest BCUT2D eigenvalue weighted by Crippen LogP contribution is 2.21. The summed E-state index contributed by atoms with van der Waals surface area (Å²) in [7, 11) is 0. The second-order valence-corrected chi connectivity index (χ2v) is 4.74. The molecular weight excluding hydrogens is 298 g/mol. The van der Waals surface area contributed by atoms with E-state index in [2.05, 4.69) is 0 Å². The third-order valence-electron chi connectivity index (χ3n) is 3.17. The van der Waals surface area contributed by atoms with E-state index in [4.69, 9.17) is 9.84 Å². The number of carbonyl (C=O) groups excluding carboxylic acids is 1. The zero-order chi connectivity index (χ0) is 16.7. The normalized spacial score (nSPS) is 10.1. The molecule has 0 aromatic heterocycles. The summed E-state index contributed by atoms with van der Waals surface area (Å²) in [5.74, 6) is -1.15. The molecule has 120 valence electrons. The molecule has 1 amide bonds. The number of carboxylic acid groups (broad SMARTS) is 1. The molecule has 2 aromatic rings. The van der Waals surface area contributed by atoms with Gasteiger partial charge >= 0.3 is 12.1 Å². The number of benzene rings is 2. The van der Waals surface area contributed by atoms with Crippen LogP contribution in [-0.4, -0.2) is 35.4 Å². The summed E-state index contributed by atoms with van der Waals surface area (Å²) in [5.41, 5.74) is 0.973. The number of hydrogen-bond donors (Lipinski definition) is 2. The zero-order valence-electron chi connectivity index (χ0n) is 12.4. The first-order valence-corrected chi connectivity index (χ1v) is 7.05. The standard InChI is InChI=1S/C17H17NO5/c19-11-10-18(15-9-5-4-8-14(15)16(20)21)17(22)23-12-13-6-2-1-3-7-13/h1-9,19H,10-12H2,(H,20,21). The van der Waals surface area contributed by atoms with E-state index in [1.54, 1.807) is 12.1 Å². The van der Waals surface area contributed by atoms with Crippen molar-refractivity contribution in [1.82, 2.24) is 0 Å². The van der Waals surface area contributed by atoms with Crippen molar-refractivity contribution in [3.63, 3.8) is 0 Å². The quantitative estimate of drug-likeness (QED) is 0.855. The van der Waals surface area contributed by atoms with Crippen LogP contribution in [0, 0.1) is 0 Å². The van der Waals surface area contributed by atoms with Gasteiger partial charge in [0.25, 0.3) is 0 Å². The topological polar surface area (TPSA) is 87.1 Å². The molecule has 0 radical (unpaired) electrons. The van der Waals surface area contributed by atoms with Gasteiger partial charge in [0.05, 0.1) is 24.4 Å². The number of carboxylic acids is 1. The Bertz CT molecular complexity index is 672. The summed E-state index contributed by atoms with van der Waals surface area (Å²) >= 11 is 0. The highest BCUT2D eigenvalue weighted by Gasteiger charge is 2.22. The molecule has 6 nitrogen and oxygen atoms in total. The van der Waals surface area contributed by atoms with Crippen LogP contribution < -0.4 is 4.90 Å². The van der Waals surface area contributed by atoms with E-state index in [0.717, 1.165) is 10.5 Å².